The number of carbonyl (C=O) groups is 2. The number of ketones is 1. The maximum atomic E-state index is 11.9. The van der Waals surface area contributed by atoms with Gasteiger partial charge in [0.15, 0.2) is 0 Å². The van der Waals surface area contributed by atoms with E-state index in [1.165, 1.54) is 6.42 Å². The zero-order chi connectivity index (χ0) is 13.7. The van der Waals surface area contributed by atoms with Gasteiger partial charge in [0.05, 0.1) is 6.54 Å². The molecule has 0 aromatic carbocycles. The number of piperidine rings is 1. The molecule has 106 valence electrons. The molecule has 1 heterocycles. The summed E-state index contributed by atoms with van der Waals surface area (Å²) in [5.41, 5.74) is 0. The minimum absolute atomic E-state index is 0.0391. The van der Waals surface area contributed by atoms with Crippen molar-refractivity contribution in [3.05, 3.63) is 12.7 Å². The third kappa shape index (κ3) is 3.66. The van der Waals surface area contributed by atoms with Gasteiger partial charge < -0.3 is 5.32 Å². The van der Waals surface area contributed by atoms with E-state index in [1.807, 2.05) is 0 Å². The number of nitrogens with one attached hydrogen (secondary N) is 1. The number of Topliss-reactive ketones (excluding diaryl/α,β-unsaturated/α-hetero) is 1. The average molecular weight is 264 g/mol. The standard InChI is InChI=1S/C15H24N2O2/c1-2-9-16-15(19)11-17-10-4-3-7-13(17)12-6-5-8-14(12)18/h2,12-13H,1,3-11H2,(H,16,19). The first kappa shape index (κ1) is 14.3. The van der Waals surface area contributed by atoms with Crippen molar-refractivity contribution in [1.82, 2.24) is 10.2 Å². The van der Waals surface area contributed by atoms with Crippen LogP contribution in [-0.2, 0) is 9.59 Å². The smallest absolute Gasteiger partial charge is 0.234 e. The molecule has 1 N–H and O–H groups in total. The molecule has 2 atom stereocenters. The second-order valence-electron chi connectivity index (χ2n) is 5.59. The summed E-state index contributed by atoms with van der Waals surface area (Å²) < 4.78 is 0. The van der Waals surface area contributed by atoms with Crippen molar-refractivity contribution in [1.29, 1.82) is 0 Å². The molecule has 1 saturated carbocycles. The van der Waals surface area contributed by atoms with E-state index in [0.717, 1.165) is 38.6 Å². The van der Waals surface area contributed by atoms with Crippen molar-refractivity contribution in [3.8, 4) is 0 Å². The molecular weight excluding hydrogens is 240 g/mol. The maximum absolute atomic E-state index is 11.9. The molecule has 4 nitrogen and oxygen atoms in total. The Morgan fingerprint density at radius 3 is 2.89 bits per heavy atom. The molecule has 0 aromatic heterocycles. The van der Waals surface area contributed by atoms with Crippen LogP contribution in [0.25, 0.3) is 0 Å². The van der Waals surface area contributed by atoms with Gasteiger partial charge in [-0.15, -0.1) is 6.58 Å². The second-order valence-corrected chi connectivity index (χ2v) is 5.59. The van der Waals surface area contributed by atoms with Crippen LogP contribution in [0.3, 0.4) is 0 Å². The number of nitrogens with zero attached hydrogens (tertiary/aromatic N) is 1. The monoisotopic (exact) mass is 264 g/mol. The van der Waals surface area contributed by atoms with Gasteiger partial charge in [-0.05, 0) is 32.2 Å². The molecule has 1 aliphatic heterocycles. The van der Waals surface area contributed by atoms with E-state index in [-0.39, 0.29) is 11.8 Å². The molecule has 1 aliphatic carbocycles. The average Bonchev–Trinajstić information content (AvgIpc) is 2.83. The third-order valence-electron chi connectivity index (χ3n) is 4.27. The molecule has 4 heteroatoms. The highest BCUT2D eigenvalue weighted by molar-refractivity contribution is 5.84. The lowest BCUT2D eigenvalue weighted by Crippen LogP contribution is -2.49. The van der Waals surface area contributed by atoms with Crippen LogP contribution >= 0.6 is 0 Å². The molecule has 1 saturated heterocycles. The minimum atomic E-state index is 0.0391. The largest absolute Gasteiger partial charge is 0.352 e. The Morgan fingerprint density at radius 2 is 2.21 bits per heavy atom. The van der Waals surface area contributed by atoms with E-state index in [1.54, 1.807) is 6.08 Å². The summed E-state index contributed by atoms with van der Waals surface area (Å²) in [6, 6.07) is 0.290. The van der Waals surface area contributed by atoms with Crippen molar-refractivity contribution in [2.75, 3.05) is 19.6 Å². The van der Waals surface area contributed by atoms with Crippen LogP contribution in [0.5, 0.6) is 0 Å². The quantitative estimate of drug-likeness (QED) is 0.766. The molecule has 0 bridgehead atoms. The zero-order valence-corrected chi connectivity index (χ0v) is 11.6. The summed E-state index contributed by atoms with van der Waals surface area (Å²) in [5, 5.41) is 2.82. The Bertz CT molecular complexity index is 354. The topological polar surface area (TPSA) is 49.4 Å². The van der Waals surface area contributed by atoms with E-state index in [0.29, 0.717) is 24.9 Å². The number of rotatable bonds is 5. The fourth-order valence-electron chi connectivity index (χ4n) is 3.34. The zero-order valence-electron chi connectivity index (χ0n) is 11.6. The van der Waals surface area contributed by atoms with Gasteiger partial charge in [-0.1, -0.05) is 12.5 Å². The van der Waals surface area contributed by atoms with E-state index in [4.69, 9.17) is 0 Å². The van der Waals surface area contributed by atoms with Gasteiger partial charge in [0.25, 0.3) is 0 Å². The van der Waals surface area contributed by atoms with Crippen molar-refractivity contribution >= 4 is 11.7 Å². The predicted octanol–water partition coefficient (Wildman–Crippen LogP) is 1.51. The minimum Gasteiger partial charge on any atom is -0.352 e. The van der Waals surface area contributed by atoms with Gasteiger partial charge in [-0.25, -0.2) is 0 Å². The van der Waals surface area contributed by atoms with Crippen molar-refractivity contribution < 1.29 is 9.59 Å². The van der Waals surface area contributed by atoms with E-state index >= 15 is 0 Å². The number of likely N-dealkylation sites (tertiary alicyclic amines) is 1. The molecule has 0 aromatic rings. The van der Waals surface area contributed by atoms with Crippen LogP contribution < -0.4 is 5.32 Å². The molecule has 19 heavy (non-hydrogen) atoms. The van der Waals surface area contributed by atoms with Gasteiger partial charge in [0.2, 0.25) is 5.91 Å². The van der Waals surface area contributed by atoms with Gasteiger partial charge in [0.1, 0.15) is 5.78 Å². The number of hydrogen-bond acceptors (Lipinski definition) is 3. The van der Waals surface area contributed by atoms with Crippen molar-refractivity contribution in [2.24, 2.45) is 5.92 Å². The second kappa shape index (κ2) is 6.85. The number of carbonyl (C=O) groups excluding carboxylic acids is 2. The van der Waals surface area contributed by atoms with Crippen molar-refractivity contribution in [2.45, 2.75) is 44.6 Å². The first-order chi connectivity index (χ1) is 9.22. The molecular formula is C15H24N2O2. The Balaban J connectivity index is 1.93. The van der Waals surface area contributed by atoms with Crippen LogP contribution in [-0.4, -0.2) is 42.3 Å². The lowest BCUT2D eigenvalue weighted by atomic mass is 9.88. The Labute approximate surface area is 115 Å². The van der Waals surface area contributed by atoms with Gasteiger partial charge in [-0.2, -0.15) is 0 Å². The van der Waals surface area contributed by atoms with E-state index in [2.05, 4.69) is 16.8 Å². The Morgan fingerprint density at radius 1 is 1.37 bits per heavy atom. The van der Waals surface area contributed by atoms with Crippen LogP contribution in [0.1, 0.15) is 38.5 Å². The summed E-state index contributed by atoms with van der Waals surface area (Å²) >= 11 is 0. The highest BCUT2D eigenvalue weighted by Gasteiger charge is 2.37. The summed E-state index contributed by atoms with van der Waals surface area (Å²) in [6.45, 7) is 5.47. The van der Waals surface area contributed by atoms with E-state index in [9.17, 15) is 9.59 Å². The maximum Gasteiger partial charge on any atom is 0.234 e. The van der Waals surface area contributed by atoms with Crippen LogP contribution in [0.15, 0.2) is 12.7 Å². The normalized spacial score (nSPS) is 28.3. The molecule has 2 fully saturated rings. The SMILES string of the molecule is C=CCNC(=O)CN1CCCCC1C1CCCC1=O. The first-order valence-electron chi connectivity index (χ1n) is 7.36. The van der Waals surface area contributed by atoms with E-state index < -0.39 is 0 Å². The molecule has 0 spiro atoms. The van der Waals surface area contributed by atoms with Gasteiger partial charge >= 0.3 is 0 Å². The van der Waals surface area contributed by atoms with Crippen LogP contribution in [0.2, 0.25) is 0 Å². The predicted molar refractivity (Wildman–Crippen MR) is 74.8 cm³/mol. The first-order valence-corrected chi connectivity index (χ1v) is 7.36. The highest BCUT2D eigenvalue weighted by Crippen LogP contribution is 2.32. The summed E-state index contributed by atoms with van der Waals surface area (Å²) in [6.07, 6.45) is 7.82. The fraction of sp³-hybridized carbons (Fsp3) is 0.733. The molecule has 2 unspecified atom stereocenters. The molecule has 2 rings (SSSR count). The Hall–Kier alpha value is -1.16. The summed E-state index contributed by atoms with van der Waals surface area (Å²) in [7, 11) is 0. The fourth-order valence-corrected chi connectivity index (χ4v) is 3.34. The number of hydrogen-bond donors (Lipinski definition) is 1. The van der Waals surface area contributed by atoms with Crippen LogP contribution in [0, 0.1) is 5.92 Å². The lowest BCUT2D eigenvalue weighted by molar-refractivity contribution is -0.127. The molecule has 0 radical (unpaired) electrons. The van der Waals surface area contributed by atoms with Crippen LogP contribution in [0.4, 0.5) is 0 Å². The third-order valence-corrected chi connectivity index (χ3v) is 4.27. The lowest BCUT2D eigenvalue weighted by Gasteiger charge is -2.38. The highest BCUT2D eigenvalue weighted by atomic mass is 16.2. The molecule has 2 aliphatic rings. The summed E-state index contributed by atoms with van der Waals surface area (Å²) in [5.74, 6) is 0.619. The molecule has 1 amide bonds. The van der Waals surface area contributed by atoms with Crippen molar-refractivity contribution in [3.63, 3.8) is 0 Å². The summed E-state index contributed by atoms with van der Waals surface area (Å²) in [4.78, 5) is 26.0. The van der Waals surface area contributed by atoms with Gasteiger partial charge in [-0.3, -0.25) is 14.5 Å². The van der Waals surface area contributed by atoms with Gasteiger partial charge in [0, 0.05) is 24.9 Å². The number of amides is 1. The Kier molecular flexibility index (Phi) is 5.14.